The van der Waals surface area contributed by atoms with Crippen molar-refractivity contribution in [3.05, 3.63) is 34.1 Å². The highest BCUT2D eigenvalue weighted by Gasteiger charge is 2.49. The number of aliphatic hydroxyl groups excluding tert-OH is 1. The molecule has 2 atom stereocenters. The smallest absolute Gasteiger partial charge is 0.219 e. The van der Waals surface area contributed by atoms with Gasteiger partial charge in [-0.3, -0.25) is 9.69 Å². The predicted octanol–water partition coefficient (Wildman–Crippen LogP) is 2.25. The molecule has 0 bridgehead atoms. The molecule has 2 fully saturated rings. The molecular weight excluding hydrogens is 363 g/mol. The Bertz CT molecular complexity index is 612. The minimum absolute atomic E-state index is 0.0916. The van der Waals surface area contributed by atoms with Gasteiger partial charge in [0.05, 0.1) is 6.61 Å². The van der Waals surface area contributed by atoms with Crippen LogP contribution >= 0.6 is 15.9 Å². The van der Waals surface area contributed by atoms with Crippen LogP contribution in [0.1, 0.15) is 18.9 Å². The highest BCUT2D eigenvalue weighted by Crippen LogP contribution is 2.43. The molecule has 0 aliphatic carbocycles. The third-order valence-electron chi connectivity index (χ3n) is 5.37. The monoisotopic (exact) mass is 384 g/mol. The van der Waals surface area contributed by atoms with Crippen LogP contribution in [0, 0.1) is 17.2 Å². The van der Waals surface area contributed by atoms with Crippen LogP contribution in [-0.2, 0) is 11.3 Å². The normalized spacial score (nSPS) is 28.0. The van der Waals surface area contributed by atoms with Crippen LogP contribution in [0.3, 0.4) is 0 Å². The quantitative estimate of drug-likeness (QED) is 0.868. The summed E-state index contributed by atoms with van der Waals surface area (Å²) >= 11 is 3.27. The summed E-state index contributed by atoms with van der Waals surface area (Å²) in [6.45, 7) is 5.20. The first kappa shape index (κ1) is 16.9. The van der Waals surface area contributed by atoms with Crippen molar-refractivity contribution >= 4 is 21.8 Å². The van der Waals surface area contributed by atoms with Crippen molar-refractivity contribution in [2.75, 3.05) is 32.8 Å². The summed E-state index contributed by atoms with van der Waals surface area (Å²) in [5.74, 6) is 0.135. The van der Waals surface area contributed by atoms with Crippen LogP contribution in [0.4, 0.5) is 4.39 Å². The number of fused-ring (bicyclic) bond motifs is 1. The lowest BCUT2D eigenvalue weighted by Gasteiger charge is -2.42. The third kappa shape index (κ3) is 3.30. The summed E-state index contributed by atoms with van der Waals surface area (Å²) in [5, 5.41) is 9.94. The van der Waals surface area contributed by atoms with E-state index in [1.54, 1.807) is 13.0 Å². The Morgan fingerprint density at radius 3 is 2.91 bits per heavy atom. The second-order valence-electron chi connectivity index (χ2n) is 6.84. The molecule has 6 heteroatoms. The molecular formula is C17H22BrFN2O2. The van der Waals surface area contributed by atoms with E-state index in [4.69, 9.17) is 0 Å². The molecule has 2 heterocycles. The molecule has 0 spiro atoms. The van der Waals surface area contributed by atoms with Gasteiger partial charge in [0.25, 0.3) is 0 Å². The van der Waals surface area contributed by atoms with Crippen LogP contribution in [0.5, 0.6) is 0 Å². The van der Waals surface area contributed by atoms with Gasteiger partial charge in [0.15, 0.2) is 0 Å². The van der Waals surface area contributed by atoms with E-state index in [9.17, 15) is 14.3 Å². The molecule has 1 aromatic rings. The predicted molar refractivity (Wildman–Crippen MR) is 89.3 cm³/mol. The number of likely N-dealkylation sites (tertiary alicyclic amines) is 2. The molecule has 0 unspecified atom stereocenters. The fraction of sp³-hybridized carbons (Fsp3) is 0.588. The number of hydrogen-bond donors (Lipinski definition) is 1. The van der Waals surface area contributed by atoms with Gasteiger partial charge in [0.1, 0.15) is 5.82 Å². The summed E-state index contributed by atoms with van der Waals surface area (Å²) in [4.78, 5) is 15.7. The summed E-state index contributed by atoms with van der Waals surface area (Å²) in [6.07, 6.45) is 0.813. The summed E-state index contributed by atoms with van der Waals surface area (Å²) in [5.41, 5.74) is 0.515. The Morgan fingerprint density at radius 1 is 1.48 bits per heavy atom. The summed E-state index contributed by atoms with van der Waals surface area (Å²) in [6, 6.07) is 5.13. The molecule has 23 heavy (non-hydrogen) atoms. The molecule has 0 aromatic heterocycles. The number of hydrogen-bond acceptors (Lipinski definition) is 3. The standard InChI is InChI=1S/C17H22BrFN2O2/c1-12(23)21-5-4-17(11-22)10-20(8-14(17)9-21)7-13-2-3-15(18)6-16(13)19/h2-3,6,14,22H,4-5,7-11H2,1H3/t14-,17-/m0/s1. The van der Waals surface area contributed by atoms with E-state index >= 15 is 0 Å². The Balaban J connectivity index is 1.73. The summed E-state index contributed by atoms with van der Waals surface area (Å²) < 4.78 is 14.8. The van der Waals surface area contributed by atoms with Crippen LogP contribution in [0.15, 0.2) is 22.7 Å². The van der Waals surface area contributed by atoms with E-state index in [0.29, 0.717) is 25.2 Å². The van der Waals surface area contributed by atoms with E-state index < -0.39 is 0 Å². The average molecular weight is 385 g/mol. The molecule has 2 aliphatic heterocycles. The molecule has 2 aliphatic rings. The molecule has 0 radical (unpaired) electrons. The van der Waals surface area contributed by atoms with Crippen molar-refractivity contribution in [3.63, 3.8) is 0 Å². The zero-order valence-electron chi connectivity index (χ0n) is 13.3. The molecule has 4 nitrogen and oxygen atoms in total. The topological polar surface area (TPSA) is 43.8 Å². The van der Waals surface area contributed by atoms with Gasteiger partial charge in [-0.1, -0.05) is 22.0 Å². The highest BCUT2D eigenvalue weighted by molar-refractivity contribution is 9.10. The molecule has 1 aromatic carbocycles. The number of piperidine rings is 1. The van der Waals surface area contributed by atoms with Gasteiger partial charge in [0, 0.05) is 55.1 Å². The van der Waals surface area contributed by atoms with Gasteiger partial charge in [-0.25, -0.2) is 4.39 Å². The minimum Gasteiger partial charge on any atom is -0.396 e. The van der Waals surface area contributed by atoms with E-state index in [2.05, 4.69) is 20.8 Å². The fourth-order valence-corrected chi connectivity index (χ4v) is 4.28. The van der Waals surface area contributed by atoms with E-state index in [-0.39, 0.29) is 29.7 Å². The van der Waals surface area contributed by atoms with Crippen LogP contribution in [-0.4, -0.2) is 53.6 Å². The van der Waals surface area contributed by atoms with Crippen molar-refractivity contribution in [2.24, 2.45) is 11.3 Å². The van der Waals surface area contributed by atoms with Gasteiger partial charge in [-0.15, -0.1) is 0 Å². The maximum atomic E-state index is 14.1. The van der Waals surface area contributed by atoms with Crippen molar-refractivity contribution in [1.29, 1.82) is 0 Å². The van der Waals surface area contributed by atoms with Gasteiger partial charge in [-0.2, -0.15) is 0 Å². The second-order valence-corrected chi connectivity index (χ2v) is 7.75. The summed E-state index contributed by atoms with van der Waals surface area (Å²) in [7, 11) is 0. The highest BCUT2D eigenvalue weighted by atomic mass is 79.9. The van der Waals surface area contributed by atoms with E-state index in [1.165, 1.54) is 6.07 Å². The van der Waals surface area contributed by atoms with Gasteiger partial charge in [-0.05, 0) is 24.5 Å². The number of amides is 1. The first-order valence-corrected chi connectivity index (χ1v) is 8.75. The largest absolute Gasteiger partial charge is 0.396 e. The van der Waals surface area contributed by atoms with Gasteiger partial charge < -0.3 is 10.0 Å². The molecule has 126 valence electrons. The van der Waals surface area contributed by atoms with Crippen molar-refractivity contribution in [3.8, 4) is 0 Å². The zero-order valence-corrected chi connectivity index (χ0v) is 14.9. The Labute approximate surface area is 144 Å². The number of carbonyl (C=O) groups excluding carboxylic acids is 1. The molecule has 0 saturated carbocycles. The van der Waals surface area contributed by atoms with Crippen molar-refractivity contribution < 1.29 is 14.3 Å². The maximum Gasteiger partial charge on any atom is 0.219 e. The number of rotatable bonds is 3. The first-order chi connectivity index (χ1) is 10.9. The maximum absolute atomic E-state index is 14.1. The van der Waals surface area contributed by atoms with Crippen LogP contribution in [0.25, 0.3) is 0 Å². The number of nitrogens with zero attached hydrogens (tertiary/aromatic N) is 2. The van der Waals surface area contributed by atoms with Crippen molar-refractivity contribution in [1.82, 2.24) is 9.80 Å². The molecule has 1 N–H and O–H groups in total. The molecule has 1 amide bonds. The fourth-order valence-electron chi connectivity index (χ4n) is 3.95. The van der Waals surface area contributed by atoms with Gasteiger partial charge >= 0.3 is 0 Å². The van der Waals surface area contributed by atoms with Crippen LogP contribution in [0.2, 0.25) is 0 Å². The van der Waals surface area contributed by atoms with Crippen LogP contribution < -0.4 is 0 Å². The molecule has 3 rings (SSSR count). The minimum atomic E-state index is -0.211. The van der Waals surface area contributed by atoms with E-state index in [1.807, 2.05) is 11.0 Å². The number of benzene rings is 1. The Kier molecular flexibility index (Phi) is 4.76. The van der Waals surface area contributed by atoms with Crippen molar-refractivity contribution in [2.45, 2.75) is 19.9 Å². The Morgan fingerprint density at radius 2 is 2.26 bits per heavy atom. The first-order valence-electron chi connectivity index (χ1n) is 7.96. The number of carbonyl (C=O) groups is 1. The number of halogens is 2. The SMILES string of the molecule is CC(=O)N1CC[C@@]2(CO)CN(Cc3ccc(Br)cc3F)C[C@H]2C1. The third-order valence-corrected chi connectivity index (χ3v) is 5.87. The average Bonchev–Trinajstić information content (AvgIpc) is 2.87. The van der Waals surface area contributed by atoms with Gasteiger partial charge in [0.2, 0.25) is 5.91 Å². The lowest BCUT2D eigenvalue weighted by atomic mass is 9.73. The molecule has 2 saturated heterocycles. The van der Waals surface area contributed by atoms with E-state index in [0.717, 1.165) is 24.0 Å². The second kappa shape index (κ2) is 6.49. The number of aliphatic hydroxyl groups is 1. The lowest BCUT2D eigenvalue weighted by molar-refractivity contribution is -0.133. The Hall–Kier alpha value is -0.980. The lowest BCUT2D eigenvalue weighted by Crippen LogP contribution is -2.50. The zero-order chi connectivity index (χ0) is 16.6.